The average Bonchev–Trinajstić information content (AvgIpc) is 2.98. The molecule has 0 aromatic heterocycles. The summed E-state index contributed by atoms with van der Waals surface area (Å²) in [6.07, 6.45) is 1.23. The lowest BCUT2D eigenvalue weighted by molar-refractivity contribution is 0.0944. The molecule has 112 valence electrons. The Labute approximate surface area is 123 Å². The second-order valence-corrected chi connectivity index (χ2v) is 4.90. The van der Waals surface area contributed by atoms with Crippen LogP contribution in [-0.2, 0) is 4.74 Å². The number of halogens is 1. The van der Waals surface area contributed by atoms with Crippen molar-refractivity contribution in [1.29, 1.82) is 0 Å². The van der Waals surface area contributed by atoms with Gasteiger partial charge in [-0.3, -0.25) is 4.79 Å². The molecule has 2 N–H and O–H groups in total. The van der Waals surface area contributed by atoms with Gasteiger partial charge in [0.25, 0.3) is 5.91 Å². The number of amides is 1. The van der Waals surface area contributed by atoms with Crippen LogP contribution in [-0.4, -0.2) is 37.4 Å². The summed E-state index contributed by atoms with van der Waals surface area (Å²) in [6, 6.07) is 3.90. The molecule has 0 radical (unpaired) electrons. The standard InChI is InChI=1S/C16H18FNO3/c17-14-4-5-15(13(9-14)3-1-2-7-19)16(20)18-10-12-6-8-21-11-12/h4-5,9,12,19H,2,6-8,10-11H2,(H,18,20). The Balaban J connectivity index is 2.06. The highest BCUT2D eigenvalue weighted by Crippen LogP contribution is 2.13. The molecule has 1 unspecified atom stereocenters. The van der Waals surface area contributed by atoms with Crippen molar-refractivity contribution in [2.75, 3.05) is 26.4 Å². The molecule has 0 saturated carbocycles. The number of benzene rings is 1. The number of aliphatic hydroxyl groups excluding tert-OH is 1. The molecule has 1 atom stereocenters. The molecule has 21 heavy (non-hydrogen) atoms. The maximum atomic E-state index is 13.3. The quantitative estimate of drug-likeness (QED) is 0.823. The summed E-state index contributed by atoms with van der Waals surface area (Å²) in [4.78, 5) is 12.2. The molecule has 1 aliphatic heterocycles. The smallest absolute Gasteiger partial charge is 0.252 e. The highest BCUT2D eigenvalue weighted by Gasteiger charge is 2.18. The van der Waals surface area contributed by atoms with Gasteiger partial charge in [-0.1, -0.05) is 11.8 Å². The number of carbonyl (C=O) groups excluding carboxylic acids is 1. The van der Waals surface area contributed by atoms with Crippen molar-refractivity contribution in [3.05, 3.63) is 35.1 Å². The van der Waals surface area contributed by atoms with Crippen LogP contribution in [0.1, 0.15) is 28.8 Å². The molecule has 2 rings (SSSR count). The zero-order valence-corrected chi connectivity index (χ0v) is 11.7. The van der Waals surface area contributed by atoms with E-state index in [1.807, 2.05) is 0 Å². The van der Waals surface area contributed by atoms with Crippen molar-refractivity contribution >= 4 is 5.91 Å². The molecule has 5 heteroatoms. The zero-order chi connectivity index (χ0) is 15.1. The lowest BCUT2D eigenvalue weighted by atomic mass is 10.1. The van der Waals surface area contributed by atoms with Crippen LogP contribution in [0.25, 0.3) is 0 Å². The minimum Gasteiger partial charge on any atom is -0.395 e. The highest BCUT2D eigenvalue weighted by molar-refractivity contribution is 5.96. The van der Waals surface area contributed by atoms with E-state index in [0.717, 1.165) is 13.0 Å². The van der Waals surface area contributed by atoms with Gasteiger partial charge in [-0.2, -0.15) is 0 Å². The van der Waals surface area contributed by atoms with E-state index in [1.54, 1.807) is 0 Å². The maximum Gasteiger partial charge on any atom is 0.252 e. The van der Waals surface area contributed by atoms with Crippen molar-refractivity contribution in [3.8, 4) is 11.8 Å². The van der Waals surface area contributed by atoms with Gasteiger partial charge in [0.15, 0.2) is 0 Å². The fourth-order valence-corrected chi connectivity index (χ4v) is 2.11. The van der Waals surface area contributed by atoms with Crippen molar-refractivity contribution in [3.63, 3.8) is 0 Å². The van der Waals surface area contributed by atoms with Gasteiger partial charge < -0.3 is 15.2 Å². The summed E-state index contributed by atoms with van der Waals surface area (Å²) in [5.74, 6) is 5.06. The summed E-state index contributed by atoms with van der Waals surface area (Å²) in [5, 5.41) is 11.5. The summed E-state index contributed by atoms with van der Waals surface area (Å²) in [5.41, 5.74) is 0.685. The molecule has 1 fully saturated rings. The lowest BCUT2D eigenvalue weighted by Crippen LogP contribution is -2.30. The van der Waals surface area contributed by atoms with E-state index in [-0.39, 0.29) is 18.9 Å². The fraction of sp³-hybridized carbons (Fsp3) is 0.438. The molecule has 4 nitrogen and oxygen atoms in total. The van der Waals surface area contributed by atoms with Gasteiger partial charge in [-0.05, 0) is 24.6 Å². The van der Waals surface area contributed by atoms with E-state index in [2.05, 4.69) is 17.2 Å². The molecule has 1 amide bonds. The SMILES string of the molecule is O=C(NCC1CCOC1)c1ccc(F)cc1C#CCCO. The lowest BCUT2D eigenvalue weighted by Gasteiger charge is -2.10. The van der Waals surface area contributed by atoms with E-state index in [1.165, 1.54) is 18.2 Å². The molecule has 1 aromatic rings. The predicted molar refractivity (Wildman–Crippen MR) is 76.2 cm³/mol. The Kier molecular flexibility index (Phi) is 5.73. The third-order valence-corrected chi connectivity index (χ3v) is 3.26. The molecule has 0 aliphatic carbocycles. The number of rotatable bonds is 4. The van der Waals surface area contributed by atoms with Gasteiger partial charge in [0.05, 0.1) is 18.8 Å². The van der Waals surface area contributed by atoms with E-state index in [4.69, 9.17) is 9.84 Å². The first-order chi connectivity index (χ1) is 10.2. The molecular weight excluding hydrogens is 273 g/mol. The molecule has 1 heterocycles. The largest absolute Gasteiger partial charge is 0.395 e. The molecule has 1 aliphatic rings. The minimum absolute atomic E-state index is 0.0640. The first-order valence-electron chi connectivity index (χ1n) is 6.96. The highest BCUT2D eigenvalue weighted by atomic mass is 19.1. The second kappa shape index (κ2) is 7.77. The van der Waals surface area contributed by atoms with Gasteiger partial charge >= 0.3 is 0 Å². The van der Waals surface area contributed by atoms with E-state index >= 15 is 0 Å². The van der Waals surface area contributed by atoms with Crippen LogP contribution < -0.4 is 5.32 Å². The Hall–Kier alpha value is -1.90. The summed E-state index contributed by atoms with van der Waals surface area (Å²) >= 11 is 0. The van der Waals surface area contributed by atoms with Gasteiger partial charge in [0.1, 0.15) is 5.82 Å². The van der Waals surface area contributed by atoms with Crippen LogP contribution in [0.5, 0.6) is 0 Å². The van der Waals surface area contributed by atoms with Crippen LogP contribution in [0.2, 0.25) is 0 Å². The van der Waals surface area contributed by atoms with E-state index < -0.39 is 5.82 Å². The maximum absolute atomic E-state index is 13.3. The van der Waals surface area contributed by atoms with Crippen LogP contribution in [0.4, 0.5) is 4.39 Å². The zero-order valence-electron chi connectivity index (χ0n) is 11.7. The van der Waals surface area contributed by atoms with Crippen molar-refractivity contribution in [1.82, 2.24) is 5.32 Å². The van der Waals surface area contributed by atoms with Crippen molar-refractivity contribution in [2.45, 2.75) is 12.8 Å². The van der Waals surface area contributed by atoms with Gasteiger partial charge in [0, 0.05) is 31.1 Å². The number of aliphatic hydroxyl groups is 1. The summed E-state index contributed by atoms with van der Waals surface area (Å²) < 4.78 is 18.5. The topological polar surface area (TPSA) is 58.6 Å². The van der Waals surface area contributed by atoms with Crippen LogP contribution in [0.15, 0.2) is 18.2 Å². The third kappa shape index (κ3) is 4.55. The first-order valence-corrected chi connectivity index (χ1v) is 6.96. The Morgan fingerprint density at radius 2 is 2.38 bits per heavy atom. The van der Waals surface area contributed by atoms with Crippen LogP contribution in [0, 0.1) is 23.6 Å². The van der Waals surface area contributed by atoms with E-state index in [0.29, 0.717) is 30.2 Å². The third-order valence-electron chi connectivity index (χ3n) is 3.26. The normalized spacial score (nSPS) is 17.1. The Morgan fingerprint density at radius 3 is 3.10 bits per heavy atom. The monoisotopic (exact) mass is 291 g/mol. The molecule has 0 bridgehead atoms. The first kappa shape index (κ1) is 15.5. The van der Waals surface area contributed by atoms with Crippen LogP contribution in [0.3, 0.4) is 0 Å². The molecule has 1 aromatic carbocycles. The number of ether oxygens (including phenoxy) is 1. The summed E-state index contributed by atoms with van der Waals surface area (Å²) in [6.45, 7) is 1.87. The van der Waals surface area contributed by atoms with Crippen molar-refractivity contribution in [2.24, 2.45) is 5.92 Å². The number of hydrogen-bond acceptors (Lipinski definition) is 3. The minimum atomic E-state index is -0.441. The molecular formula is C16H18FNO3. The van der Waals surface area contributed by atoms with Crippen LogP contribution >= 0.6 is 0 Å². The second-order valence-electron chi connectivity index (χ2n) is 4.90. The van der Waals surface area contributed by atoms with E-state index in [9.17, 15) is 9.18 Å². The fourth-order valence-electron chi connectivity index (χ4n) is 2.11. The van der Waals surface area contributed by atoms with Crippen molar-refractivity contribution < 1.29 is 19.0 Å². The molecule has 1 saturated heterocycles. The van der Waals surface area contributed by atoms with Gasteiger partial charge in [-0.15, -0.1) is 0 Å². The van der Waals surface area contributed by atoms with Gasteiger partial charge in [-0.25, -0.2) is 4.39 Å². The number of carbonyl (C=O) groups is 1. The predicted octanol–water partition coefficient (Wildman–Crippen LogP) is 1.33. The average molecular weight is 291 g/mol. The molecule has 0 spiro atoms. The number of nitrogens with one attached hydrogen (secondary N) is 1. The Morgan fingerprint density at radius 1 is 1.52 bits per heavy atom. The number of hydrogen-bond donors (Lipinski definition) is 2. The Bertz CT molecular complexity index is 556. The summed E-state index contributed by atoms with van der Waals surface area (Å²) in [7, 11) is 0. The van der Waals surface area contributed by atoms with Gasteiger partial charge in [0.2, 0.25) is 0 Å².